The maximum absolute atomic E-state index is 5.62. The number of aryl methyl sites for hydroxylation is 1. The fourth-order valence-corrected chi connectivity index (χ4v) is 2.65. The van der Waals surface area contributed by atoms with Crippen LogP contribution in [0.2, 0.25) is 0 Å². The summed E-state index contributed by atoms with van der Waals surface area (Å²) in [5.74, 6) is 1.58. The van der Waals surface area contributed by atoms with Crippen molar-refractivity contribution in [1.29, 1.82) is 0 Å². The first-order valence-electron chi connectivity index (χ1n) is 11.0. The minimum Gasteiger partial charge on any atom is -0.382 e. The zero-order valence-corrected chi connectivity index (χ0v) is 19.2. The highest BCUT2D eigenvalue weighted by Crippen LogP contribution is 2.07. The minimum atomic E-state index is 0.432. The zero-order valence-electron chi connectivity index (χ0n) is 19.2. The van der Waals surface area contributed by atoms with E-state index in [0.29, 0.717) is 79.1 Å². The van der Waals surface area contributed by atoms with E-state index in [1.807, 2.05) is 19.1 Å². The summed E-state index contributed by atoms with van der Waals surface area (Å²) >= 11 is 0. The second-order valence-electron chi connectivity index (χ2n) is 7.11. The minimum absolute atomic E-state index is 0.432. The monoisotopic (exact) mass is 456 g/mol. The van der Waals surface area contributed by atoms with E-state index in [2.05, 4.69) is 10.3 Å². The molecule has 0 spiro atoms. The fraction of sp³-hybridized carbons (Fsp3) is 0.727. The largest absolute Gasteiger partial charge is 0.382 e. The van der Waals surface area contributed by atoms with E-state index < -0.39 is 0 Å². The zero-order chi connectivity index (χ0) is 22.7. The first-order chi connectivity index (χ1) is 15.8. The van der Waals surface area contributed by atoms with Gasteiger partial charge in [0.25, 0.3) is 0 Å². The Hall–Kier alpha value is -1.82. The molecule has 10 nitrogen and oxygen atoms in total. The SMILES string of the molecule is COCCOCCCOCc1cc(CCOCCCOCCOCc2cc(C)on2)on1. The molecule has 0 aliphatic heterocycles. The molecule has 0 bridgehead atoms. The second kappa shape index (κ2) is 17.7. The van der Waals surface area contributed by atoms with Crippen LogP contribution in [0.5, 0.6) is 0 Å². The van der Waals surface area contributed by atoms with E-state index in [1.165, 1.54) is 0 Å². The van der Waals surface area contributed by atoms with Crippen molar-refractivity contribution in [2.45, 2.75) is 39.4 Å². The number of methoxy groups -OCH3 is 1. The van der Waals surface area contributed by atoms with Crippen molar-refractivity contribution in [2.75, 3.05) is 66.6 Å². The molecule has 0 saturated carbocycles. The Balaban J connectivity index is 1.34. The number of rotatable bonds is 21. The highest BCUT2D eigenvalue weighted by atomic mass is 16.5. The van der Waals surface area contributed by atoms with Crippen molar-refractivity contribution < 1.29 is 37.5 Å². The van der Waals surface area contributed by atoms with Gasteiger partial charge in [-0.05, 0) is 19.8 Å². The number of ether oxygens (including phenoxy) is 6. The predicted molar refractivity (Wildman–Crippen MR) is 114 cm³/mol. The van der Waals surface area contributed by atoms with Crippen LogP contribution in [0, 0.1) is 6.92 Å². The highest BCUT2D eigenvalue weighted by Gasteiger charge is 2.05. The maximum atomic E-state index is 5.62. The van der Waals surface area contributed by atoms with E-state index in [9.17, 15) is 0 Å². The van der Waals surface area contributed by atoms with E-state index in [0.717, 1.165) is 35.7 Å². The molecule has 0 fully saturated rings. The van der Waals surface area contributed by atoms with Crippen LogP contribution in [-0.2, 0) is 48.1 Å². The molecule has 32 heavy (non-hydrogen) atoms. The van der Waals surface area contributed by atoms with Crippen molar-refractivity contribution in [1.82, 2.24) is 10.3 Å². The van der Waals surface area contributed by atoms with Gasteiger partial charge in [-0.25, -0.2) is 0 Å². The first kappa shape index (κ1) is 26.4. The molecule has 0 radical (unpaired) electrons. The number of nitrogens with zero attached hydrogens (tertiary/aromatic N) is 2. The molecule has 2 heterocycles. The van der Waals surface area contributed by atoms with E-state index in [-0.39, 0.29) is 0 Å². The van der Waals surface area contributed by atoms with Crippen LogP contribution in [0.4, 0.5) is 0 Å². The number of hydrogen-bond donors (Lipinski definition) is 0. The van der Waals surface area contributed by atoms with Gasteiger partial charge in [-0.2, -0.15) is 0 Å². The summed E-state index contributed by atoms with van der Waals surface area (Å²) in [4.78, 5) is 0. The van der Waals surface area contributed by atoms with Gasteiger partial charge in [0.15, 0.2) is 0 Å². The third-order valence-corrected chi connectivity index (χ3v) is 4.24. The summed E-state index contributed by atoms with van der Waals surface area (Å²) in [5, 5.41) is 7.88. The molecule has 2 aromatic heterocycles. The van der Waals surface area contributed by atoms with Gasteiger partial charge in [0, 0.05) is 52.1 Å². The van der Waals surface area contributed by atoms with Crippen molar-refractivity contribution in [2.24, 2.45) is 0 Å². The smallest absolute Gasteiger partial charge is 0.139 e. The normalized spacial score (nSPS) is 11.4. The topological polar surface area (TPSA) is 107 Å². The Morgan fingerprint density at radius 3 is 1.91 bits per heavy atom. The maximum Gasteiger partial charge on any atom is 0.139 e. The Bertz CT molecular complexity index is 691. The van der Waals surface area contributed by atoms with Crippen molar-refractivity contribution >= 4 is 0 Å². The average Bonchev–Trinajstić information content (AvgIpc) is 3.42. The van der Waals surface area contributed by atoms with Gasteiger partial charge >= 0.3 is 0 Å². The van der Waals surface area contributed by atoms with Gasteiger partial charge in [0.2, 0.25) is 0 Å². The fourth-order valence-electron chi connectivity index (χ4n) is 2.65. The number of hydrogen-bond acceptors (Lipinski definition) is 10. The quantitative estimate of drug-likeness (QED) is 0.260. The molecule has 0 aromatic carbocycles. The lowest BCUT2D eigenvalue weighted by atomic mass is 10.3. The Morgan fingerprint density at radius 1 is 0.656 bits per heavy atom. The lowest BCUT2D eigenvalue weighted by Gasteiger charge is -2.05. The molecule has 2 rings (SSSR count). The molecule has 10 heteroatoms. The lowest BCUT2D eigenvalue weighted by Crippen LogP contribution is -2.08. The molecular weight excluding hydrogens is 420 g/mol. The van der Waals surface area contributed by atoms with E-state index in [4.69, 9.17) is 37.5 Å². The molecule has 0 saturated heterocycles. The standard InChI is InChI=1S/C22H36N2O8/c1-19-15-20(23-31-19)17-30-14-13-28-7-3-6-26-10-5-22-16-21(24-32-22)18-29-9-4-8-27-12-11-25-2/h15-16H,3-14,17-18H2,1-2H3. The Morgan fingerprint density at radius 2 is 1.22 bits per heavy atom. The van der Waals surface area contributed by atoms with E-state index in [1.54, 1.807) is 7.11 Å². The Labute approximate surface area is 189 Å². The highest BCUT2D eigenvalue weighted by molar-refractivity contribution is 5.04. The average molecular weight is 457 g/mol. The second-order valence-corrected chi connectivity index (χ2v) is 7.11. The van der Waals surface area contributed by atoms with Crippen LogP contribution >= 0.6 is 0 Å². The molecule has 0 aliphatic rings. The van der Waals surface area contributed by atoms with Crippen LogP contribution in [0.25, 0.3) is 0 Å². The van der Waals surface area contributed by atoms with Gasteiger partial charge in [-0.3, -0.25) is 0 Å². The van der Waals surface area contributed by atoms with Gasteiger partial charge in [0.1, 0.15) is 22.9 Å². The van der Waals surface area contributed by atoms with Gasteiger partial charge in [-0.15, -0.1) is 0 Å². The summed E-state index contributed by atoms with van der Waals surface area (Å²) in [5.41, 5.74) is 1.58. The Kier molecular flexibility index (Phi) is 14.6. The van der Waals surface area contributed by atoms with Gasteiger partial charge in [0.05, 0.1) is 46.2 Å². The predicted octanol–water partition coefficient (Wildman–Crippen LogP) is 2.72. The first-order valence-corrected chi connectivity index (χ1v) is 11.0. The van der Waals surface area contributed by atoms with Crippen LogP contribution in [0.3, 0.4) is 0 Å². The van der Waals surface area contributed by atoms with Gasteiger partial charge < -0.3 is 37.5 Å². The van der Waals surface area contributed by atoms with Crippen molar-refractivity contribution in [3.8, 4) is 0 Å². The van der Waals surface area contributed by atoms with Crippen LogP contribution < -0.4 is 0 Å². The van der Waals surface area contributed by atoms with Crippen molar-refractivity contribution in [3.63, 3.8) is 0 Å². The molecule has 182 valence electrons. The lowest BCUT2D eigenvalue weighted by molar-refractivity contribution is 0.0286. The van der Waals surface area contributed by atoms with Gasteiger partial charge in [-0.1, -0.05) is 10.3 Å². The molecule has 2 aromatic rings. The molecule has 0 unspecified atom stereocenters. The van der Waals surface area contributed by atoms with Crippen LogP contribution in [0.1, 0.15) is 35.7 Å². The van der Waals surface area contributed by atoms with Crippen LogP contribution in [-0.4, -0.2) is 76.9 Å². The third kappa shape index (κ3) is 12.9. The summed E-state index contributed by atoms with van der Waals surface area (Å²) in [6.45, 7) is 8.13. The van der Waals surface area contributed by atoms with Crippen molar-refractivity contribution in [3.05, 3.63) is 35.0 Å². The molecular formula is C22H36N2O8. The summed E-state index contributed by atoms with van der Waals surface area (Å²) in [6.07, 6.45) is 2.34. The molecule has 0 aliphatic carbocycles. The summed E-state index contributed by atoms with van der Waals surface area (Å²) in [7, 11) is 1.66. The molecule has 0 N–H and O–H groups in total. The van der Waals surface area contributed by atoms with Crippen LogP contribution in [0.15, 0.2) is 21.2 Å². The molecule has 0 amide bonds. The summed E-state index contributed by atoms with van der Waals surface area (Å²) < 4.78 is 42.7. The summed E-state index contributed by atoms with van der Waals surface area (Å²) in [6, 6.07) is 3.76. The van der Waals surface area contributed by atoms with E-state index >= 15 is 0 Å². The number of aromatic nitrogens is 2. The third-order valence-electron chi connectivity index (χ3n) is 4.24. The molecule has 0 atom stereocenters.